The van der Waals surface area contributed by atoms with Gasteiger partial charge < -0.3 is 15.6 Å². The van der Waals surface area contributed by atoms with E-state index < -0.39 is 0 Å². The van der Waals surface area contributed by atoms with Crippen LogP contribution in [0.1, 0.15) is 35.3 Å². The maximum Gasteiger partial charge on any atom is 0.267 e. The van der Waals surface area contributed by atoms with Crippen LogP contribution in [0.2, 0.25) is 0 Å². The largest absolute Gasteiger partial charge is 0.356 e. The Bertz CT molecular complexity index is 782. The van der Waals surface area contributed by atoms with Gasteiger partial charge >= 0.3 is 0 Å². The fourth-order valence-electron chi connectivity index (χ4n) is 3.80. The minimum absolute atomic E-state index is 0.0855. The quantitative estimate of drug-likeness (QED) is 0.754. The van der Waals surface area contributed by atoms with Crippen LogP contribution in [0.25, 0.3) is 10.9 Å². The molecule has 2 aromatic rings. The number of hydrogen-bond donors (Lipinski definition) is 3. The molecule has 5 nitrogen and oxygen atoms in total. The van der Waals surface area contributed by atoms with Crippen molar-refractivity contribution in [2.75, 3.05) is 6.54 Å². The van der Waals surface area contributed by atoms with Gasteiger partial charge in [0.2, 0.25) is 5.91 Å². The first-order valence-electron chi connectivity index (χ1n) is 7.85. The number of carbonyl (C=O) groups is 2. The summed E-state index contributed by atoms with van der Waals surface area (Å²) in [5.74, 6) is 0.0407. The van der Waals surface area contributed by atoms with Crippen LogP contribution in [-0.4, -0.2) is 29.4 Å². The monoisotopic (exact) mass is 375 g/mol. The first kappa shape index (κ1) is 14.8. The molecule has 23 heavy (non-hydrogen) atoms. The average molecular weight is 376 g/mol. The summed E-state index contributed by atoms with van der Waals surface area (Å²) in [6.45, 7) is 2.79. The Morgan fingerprint density at radius 1 is 1.39 bits per heavy atom. The summed E-state index contributed by atoms with van der Waals surface area (Å²) in [5, 5.41) is 6.97. The Labute approximate surface area is 142 Å². The van der Waals surface area contributed by atoms with E-state index in [-0.39, 0.29) is 23.3 Å². The van der Waals surface area contributed by atoms with Gasteiger partial charge in [0.05, 0.1) is 10.9 Å². The van der Waals surface area contributed by atoms with Crippen LogP contribution in [0.15, 0.2) is 22.7 Å². The number of carbonyl (C=O) groups excluding carboxylic acids is 2. The van der Waals surface area contributed by atoms with Gasteiger partial charge in [-0.25, -0.2) is 0 Å². The molecule has 6 heteroatoms. The topological polar surface area (TPSA) is 74.0 Å². The van der Waals surface area contributed by atoms with E-state index in [1.807, 2.05) is 25.1 Å². The van der Waals surface area contributed by atoms with Crippen molar-refractivity contribution in [3.8, 4) is 0 Å². The van der Waals surface area contributed by atoms with Crippen LogP contribution in [0.5, 0.6) is 0 Å². The fourth-order valence-corrected chi connectivity index (χ4v) is 4.25. The molecule has 1 aromatic carbocycles. The molecule has 1 saturated carbocycles. The van der Waals surface area contributed by atoms with Gasteiger partial charge in [0, 0.05) is 22.4 Å². The van der Waals surface area contributed by atoms with Crippen LogP contribution in [0.3, 0.4) is 0 Å². The number of hydrogen-bond acceptors (Lipinski definition) is 2. The highest BCUT2D eigenvalue weighted by atomic mass is 79.9. The smallest absolute Gasteiger partial charge is 0.267 e. The van der Waals surface area contributed by atoms with Crippen molar-refractivity contribution in [2.45, 2.75) is 32.2 Å². The number of nitrogens with one attached hydrogen (secondary N) is 3. The van der Waals surface area contributed by atoms with Gasteiger partial charge in [0.25, 0.3) is 5.91 Å². The number of H-pyrrole nitrogens is 1. The summed E-state index contributed by atoms with van der Waals surface area (Å²) in [4.78, 5) is 27.5. The van der Waals surface area contributed by atoms with Crippen molar-refractivity contribution >= 4 is 38.6 Å². The lowest BCUT2D eigenvalue weighted by Gasteiger charge is -2.42. The minimum Gasteiger partial charge on any atom is -0.356 e. The van der Waals surface area contributed by atoms with E-state index in [4.69, 9.17) is 0 Å². The summed E-state index contributed by atoms with van der Waals surface area (Å²) < 4.78 is 0.947. The van der Waals surface area contributed by atoms with Crippen LogP contribution in [-0.2, 0) is 4.79 Å². The van der Waals surface area contributed by atoms with E-state index in [1.165, 1.54) is 0 Å². The standard InChI is InChI=1S/C17H18BrN3O2/c1-9-2-3-12(18)14-11(9)6-13(21-14)15(22)20-10-7-17(8-10)4-5-19-16(17)23/h2-3,6,10,21H,4-5,7-8H2,1H3,(H,19,23)(H,20,22). The molecule has 0 bridgehead atoms. The number of fused-ring (bicyclic) bond motifs is 1. The molecule has 1 aliphatic carbocycles. The van der Waals surface area contributed by atoms with Gasteiger partial charge in [-0.3, -0.25) is 9.59 Å². The van der Waals surface area contributed by atoms with Crippen molar-refractivity contribution in [1.82, 2.24) is 15.6 Å². The second kappa shape index (κ2) is 5.09. The molecule has 0 radical (unpaired) electrons. The van der Waals surface area contributed by atoms with Gasteiger partial charge in [-0.1, -0.05) is 6.07 Å². The molecule has 2 aliphatic rings. The number of aryl methyl sites for hydroxylation is 1. The highest BCUT2D eigenvalue weighted by Gasteiger charge is 2.52. The van der Waals surface area contributed by atoms with Crippen molar-refractivity contribution in [3.63, 3.8) is 0 Å². The third kappa shape index (κ3) is 2.27. The Hall–Kier alpha value is -1.82. The van der Waals surface area contributed by atoms with Crippen LogP contribution in [0.4, 0.5) is 0 Å². The predicted molar refractivity (Wildman–Crippen MR) is 91.3 cm³/mol. The molecule has 1 aliphatic heterocycles. The average Bonchev–Trinajstić information content (AvgIpc) is 3.08. The van der Waals surface area contributed by atoms with Crippen LogP contribution >= 0.6 is 15.9 Å². The molecular formula is C17H18BrN3O2. The number of aromatic amines is 1. The SMILES string of the molecule is Cc1ccc(Br)c2[nH]c(C(=O)NC3CC4(CCNC4=O)C3)cc12. The Balaban J connectivity index is 1.49. The van der Waals surface area contributed by atoms with Crippen molar-refractivity contribution in [2.24, 2.45) is 5.41 Å². The molecule has 120 valence electrons. The first-order valence-corrected chi connectivity index (χ1v) is 8.65. The molecular weight excluding hydrogens is 358 g/mol. The normalized spacial score (nSPS) is 26.3. The van der Waals surface area contributed by atoms with Gasteiger partial charge in [-0.2, -0.15) is 0 Å². The Morgan fingerprint density at radius 3 is 2.83 bits per heavy atom. The number of amides is 2. The zero-order valence-electron chi connectivity index (χ0n) is 12.8. The number of rotatable bonds is 2. The molecule has 2 amide bonds. The lowest BCUT2D eigenvalue weighted by molar-refractivity contribution is -0.133. The number of benzene rings is 1. The molecule has 0 unspecified atom stereocenters. The van der Waals surface area contributed by atoms with E-state index in [2.05, 4.69) is 31.5 Å². The summed E-state index contributed by atoms with van der Waals surface area (Å²) >= 11 is 3.51. The number of aromatic nitrogens is 1. The van der Waals surface area contributed by atoms with Gasteiger partial charge in [-0.05, 0) is 59.8 Å². The second-order valence-electron chi connectivity index (χ2n) is 6.70. The lowest BCUT2D eigenvalue weighted by Crippen LogP contribution is -2.53. The molecule has 2 fully saturated rings. The van der Waals surface area contributed by atoms with Gasteiger partial charge in [0.1, 0.15) is 5.69 Å². The highest BCUT2D eigenvalue weighted by molar-refractivity contribution is 9.10. The Kier molecular flexibility index (Phi) is 3.27. The minimum atomic E-state index is -0.224. The van der Waals surface area contributed by atoms with Gasteiger partial charge in [0.15, 0.2) is 0 Å². The first-order chi connectivity index (χ1) is 11.0. The summed E-state index contributed by atoms with van der Waals surface area (Å²) in [5.41, 5.74) is 2.41. The predicted octanol–water partition coefficient (Wildman–Crippen LogP) is 2.64. The van der Waals surface area contributed by atoms with Crippen LogP contribution in [0, 0.1) is 12.3 Å². The van der Waals surface area contributed by atoms with Crippen molar-refractivity contribution in [1.29, 1.82) is 0 Å². The summed E-state index contributed by atoms with van der Waals surface area (Å²) in [6.07, 6.45) is 2.37. The maximum absolute atomic E-state index is 12.5. The third-order valence-electron chi connectivity index (χ3n) is 5.19. The molecule has 1 spiro atoms. The van der Waals surface area contributed by atoms with Crippen LogP contribution < -0.4 is 10.6 Å². The van der Waals surface area contributed by atoms with Crippen molar-refractivity contribution < 1.29 is 9.59 Å². The zero-order valence-corrected chi connectivity index (χ0v) is 14.4. The fraction of sp³-hybridized carbons (Fsp3) is 0.412. The highest BCUT2D eigenvalue weighted by Crippen LogP contribution is 2.46. The summed E-state index contributed by atoms with van der Waals surface area (Å²) in [6, 6.07) is 5.98. The van der Waals surface area contributed by atoms with E-state index >= 15 is 0 Å². The Morgan fingerprint density at radius 2 is 2.17 bits per heavy atom. The molecule has 0 atom stereocenters. The molecule has 4 rings (SSSR count). The second-order valence-corrected chi connectivity index (χ2v) is 7.56. The van der Waals surface area contributed by atoms with Gasteiger partial charge in [-0.15, -0.1) is 0 Å². The molecule has 1 saturated heterocycles. The van der Waals surface area contributed by atoms with E-state index in [0.717, 1.165) is 46.7 Å². The zero-order chi connectivity index (χ0) is 16.2. The third-order valence-corrected chi connectivity index (χ3v) is 5.85. The molecule has 2 heterocycles. The van der Waals surface area contributed by atoms with E-state index in [0.29, 0.717) is 5.69 Å². The molecule has 3 N–H and O–H groups in total. The van der Waals surface area contributed by atoms with E-state index in [1.54, 1.807) is 0 Å². The van der Waals surface area contributed by atoms with E-state index in [9.17, 15) is 9.59 Å². The lowest BCUT2D eigenvalue weighted by atomic mass is 9.64. The maximum atomic E-state index is 12.5. The molecule has 1 aromatic heterocycles. The summed E-state index contributed by atoms with van der Waals surface area (Å²) in [7, 11) is 0. The van der Waals surface area contributed by atoms with Crippen molar-refractivity contribution in [3.05, 3.63) is 33.9 Å². The number of halogens is 1.